The number of ether oxygens (including phenoxy) is 1. The van der Waals surface area contributed by atoms with Crippen LogP contribution in [0.2, 0.25) is 0 Å². The standard InChI is InChI=1S/C14H22N2O4S/c1-20-12-5-6-14(13(15)7-12)21(18,19)16-8-10-3-2-4-11(10)9-17/h5-7,10-11,16-17H,2-4,8-9,15H2,1H3. The van der Waals surface area contributed by atoms with Crippen LogP contribution in [0, 0.1) is 11.8 Å². The van der Waals surface area contributed by atoms with Gasteiger partial charge in [0, 0.05) is 19.2 Å². The second-order valence-electron chi connectivity index (χ2n) is 5.39. The van der Waals surface area contributed by atoms with Crippen molar-refractivity contribution in [3.05, 3.63) is 18.2 Å². The number of hydrogen-bond donors (Lipinski definition) is 3. The van der Waals surface area contributed by atoms with Gasteiger partial charge in [0.15, 0.2) is 0 Å². The lowest BCUT2D eigenvalue weighted by atomic mass is 9.97. The van der Waals surface area contributed by atoms with Crippen molar-refractivity contribution < 1.29 is 18.3 Å². The van der Waals surface area contributed by atoms with Gasteiger partial charge in [-0.2, -0.15) is 0 Å². The van der Waals surface area contributed by atoms with Crippen molar-refractivity contribution in [3.63, 3.8) is 0 Å². The number of anilines is 1. The van der Waals surface area contributed by atoms with Gasteiger partial charge in [-0.3, -0.25) is 0 Å². The number of nitrogens with two attached hydrogens (primary N) is 1. The Kier molecular flexibility index (Phi) is 5.08. The summed E-state index contributed by atoms with van der Waals surface area (Å²) < 4.78 is 32.2. The average Bonchev–Trinajstić information content (AvgIpc) is 2.92. The predicted octanol–water partition coefficient (Wildman–Crippen LogP) is 0.964. The molecule has 0 aromatic heterocycles. The third-order valence-electron chi connectivity index (χ3n) is 4.09. The van der Waals surface area contributed by atoms with E-state index in [9.17, 15) is 13.5 Å². The summed E-state index contributed by atoms with van der Waals surface area (Å²) in [6.07, 6.45) is 2.92. The fourth-order valence-corrected chi connectivity index (χ4v) is 4.02. The Morgan fingerprint density at radius 2 is 2.10 bits per heavy atom. The Bertz CT molecular complexity index is 589. The maximum absolute atomic E-state index is 12.3. The molecule has 2 atom stereocenters. The summed E-state index contributed by atoms with van der Waals surface area (Å²) in [5, 5.41) is 9.27. The van der Waals surface area contributed by atoms with Crippen LogP contribution in [0.3, 0.4) is 0 Å². The van der Waals surface area contributed by atoms with Crippen molar-refractivity contribution in [2.75, 3.05) is 26.0 Å². The first-order valence-corrected chi connectivity index (χ1v) is 8.50. The van der Waals surface area contributed by atoms with E-state index >= 15 is 0 Å². The summed E-state index contributed by atoms with van der Waals surface area (Å²) in [4.78, 5) is 0.0573. The SMILES string of the molecule is COc1ccc(S(=O)(=O)NCC2CCCC2CO)c(N)c1. The molecule has 21 heavy (non-hydrogen) atoms. The summed E-state index contributed by atoms with van der Waals surface area (Å²) in [6.45, 7) is 0.441. The van der Waals surface area contributed by atoms with E-state index in [2.05, 4.69) is 4.72 Å². The molecule has 0 spiro atoms. The summed E-state index contributed by atoms with van der Waals surface area (Å²) in [6, 6.07) is 4.49. The van der Waals surface area contributed by atoms with E-state index in [4.69, 9.17) is 10.5 Å². The smallest absolute Gasteiger partial charge is 0.242 e. The molecule has 0 amide bonds. The van der Waals surface area contributed by atoms with Crippen molar-refractivity contribution in [2.45, 2.75) is 24.2 Å². The van der Waals surface area contributed by atoms with Crippen molar-refractivity contribution in [1.82, 2.24) is 4.72 Å². The molecule has 2 unspecified atom stereocenters. The quantitative estimate of drug-likeness (QED) is 0.679. The second kappa shape index (κ2) is 6.64. The highest BCUT2D eigenvalue weighted by atomic mass is 32.2. The van der Waals surface area contributed by atoms with Crippen LogP contribution in [0.5, 0.6) is 5.75 Å². The summed E-state index contributed by atoms with van der Waals surface area (Å²) in [5.74, 6) is 0.882. The summed E-state index contributed by atoms with van der Waals surface area (Å²) in [7, 11) is -2.15. The van der Waals surface area contributed by atoms with Gasteiger partial charge in [-0.1, -0.05) is 6.42 Å². The van der Waals surface area contributed by atoms with E-state index in [0.717, 1.165) is 19.3 Å². The number of sulfonamides is 1. The predicted molar refractivity (Wildman–Crippen MR) is 80.5 cm³/mol. The van der Waals surface area contributed by atoms with Gasteiger partial charge in [-0.25, -0.2) is 13.1 Å². The molecular weight excluding hydrogens is 292 g/mol. The molecule has 1 saturated carbocycles. The molecule has 1 aromatic rings. The van der Waals surface area contributed by atoms with Crippen LogP contribution in [0.4, 0.5) is 5.69 Å². The van der Waals surface area contributed by atoms with Crippen LogP contribution in [-0.2, 0) is 10.0 Å². The van der Waals surface area contributed by atoms with Gasteiger partial charge in [0.05, 0.1) is 12.8 Å². The van der Waals surface area contributed by atoms with Crippen molar-refractivity contribution in [1.29, 1.82) is 0 Å². The van der Waals surface area contributed by atoms with E-state index in [1.807, 2.05) is 0 Å². The fraction of sp³-hybridized carbons (Fsp3) is 0.571. The number of hydrogen-bond acceptors (Lipinski definition) is 5. The van der Waals surface area contributed by atoms with Gasteiger partial charge in [0.25, 0.3) is 0 Å². The zero-order valence-corrected chi connectivity index (χ0v) is 12.9. The van der Waals surface area contributed by atoms with Crippen LogP contribution in [0.1, 0.15) is 19.3 Å². The second-order valence-corrected chi connectivity index (χ2v) is 7.12. The Hall–Kier alpha value is -1.31. The van der Waals surface area contributed by atoms with Crippen LogP contribution in [0.15, 0.2) is 23.1 Å². The first-order valence-electron chi connectivity index (χ1n) is 7.02. The minimum absolute atomic E-state index is 0.0573. The maximum atomic E-state index is 12.3. The van der Waals surface area contributed by atoms with E-state index in [0.29, 0.717) is 12.3 Å². The highest BCUT2D eigenvalue weighted by Crippen LogP contribution is 2.31. The number of benzene rings is 1. The van der Waals surface area contributed by atoms with Crippen molar-refractivity contribution in [2.24, 2.45) is 11.8 Å². The monoisotopic (exact) mass is 314 g/mol. The molecular formula is C14H22N2O4S. The van der Waals surface area contributed by atoms with Gasteiger partial charge in [-0.15, -0.1) is 0 Å². The fourth-order valence-electron chi connectivity index (χ4n) is 2.82. The molecule has 4 N–H and O–H groups in total. The van der Waals surface area contributed by atoms with E-state index in [1.54, 1.807) is 6.07 Å². The van der Waals surface area contributed by atoms with E-state index < -0.39 is 10.0 Å². The number of aliphatic hydroxyl groups is 1. The number of rotatable bonds is 6. The lowest BCUT2D eigenvalue weighted by Crippen LogP contribution is -2.32. The van der Waals surface area contributed by atoms with Gasteiger partial charge in [0.1, 0.15) is 10.6 Å². The lowest BCUT2D eigenvalue weighted by molar-refractivity contribution is 0.195. The first-order chi connectivity index (χ1) is 9.97. The highest BCUT2D eigenvalue weighted by Gasteiger charge is 2.28. The van der Waals surface area contributed by atoms with Crippen LogP contribution < -0.4 is 15.2 Å². The molecule has 1 aliphatic rings. The molecule has 0 saturated heterocycles. The van der Waals surface area contributed by atoms with E-state index in [-0.39, 0.29) is 29.0 Å². The molecule has 7 heteroatoms. The Labute approximate surface area is 125 Å². The number of nitrogens with one attached hydrogen (secondary N) is 1. The largest absolute Gasteiger partial charge is 0.497 e. The molecule has 0 radical (unpaired) electrons. The molecule has 0 bridgehead atoms. The van der Waals surface area contributed by atoms with Gasteiger partial charge in [0.2, 0.25) is 10.0 Å². The maximum Gasteiger partial charge on any atom is 0.242 e. The number of nitrogen functional groups attached to an aromatic ring is 1. The Morgan fingerprint density at radius 1 is 1.38 bits per heavy atom. The van der Waals surface area contributed by atoms with Crippen LogP contribution in [-0.4, -0.2) is 33.8 Å². The Morgan fingerprint density at radius 3 is 2.71 bits per heavy atom. The van der Waals surface area contributed by atoms with E-state index in [1.165, 1.54) is 19.2 Å². The minimum atomic E-state index is -3.65. The van der Waals surface area contributed by atoms with Gasteiger partial charge >= 0.3 is 0 Å². The van der Waals surface area contributed by atoms with Gasteiger partial charge < -0.3 is 15.6 Å². The van der Waals surface area contributed by atoms with Crippen molar-refractivity contribution >= 4 is 15.7 Å². The third kappa shape index (κ3) is 3.66. The van der Waals surface area contributed by atoms with Crippen LogP contribution in [0.25, 0.3) is 0 Å². The highest BCUT2D eigenvalue weighted by molar-refractivity contribution is 7.89. The number of methoxy groups -OCH3 is 1. The molecule has 0 heterocycles. The molecule has 1 aromatic carbocycles. The molecule has 118 valence electrons. The molecule has 2 rings (SSSR count). The van der Waals surface area contributed by atoms with Crippen LogP contribution >= 0.6 is 0 Å². The minimum Gasteiger partial charge on any atom is -0.497 e. The third-order valence-corrected chi connectivity index (χ3v) is 5.59. The normalized spacial score (nSPS) is 22.4. The molecule has 6 nitrogen and oxygen atoms in total. The average molecular weight is 314 g/mol. The summed E-state index contributed by atoms with van der Waals surface area (Å²) >= 11 is 0. The lowest BCUT2D eigenvalue weighted by Gasteiger charge is -2.18. The first kappa shape index (κ1) is 16.1. The topological polar surface area (TPSA) is 102 Å². The zero-order chi connectivity index (χ0) is 15.5. The van der Waals surface area contributed by atoms with Gasteiger partial charge in [-0.05, 0) is 36.8 Å². The molecule has 1 fully saturated rings. The van der Waals surface area contributed by atoms with Crippen molar-refractivity contribution in [3.8, 4) is 5.75 Å². The zero-order valence-electron chi connectivity index (χ0n) is 12.1. The number of aliphatic hydroxyl groups excluding tert-OH is 1. The Balaban J connectivity index is 2.08. The summed E-state index contributed by atoms with van der Waals surface area (Å²) in [5.41, 5.74) is 5.94. The molecule has 0 aliphatic heterocycles. The molecule has 1 aliphatic carbocycles.